The number of benzene rings is 1. The summed E-state index contributed by atoms with van der Waals surface area (Å²) < 4.78 is 36.4. The highest BCUT2D eigenvalue weighted by Crippen LogP contribution is 2.23. The number of ether oxygens (including phenoxy) is 2. The molecule has 0 aliphatic carbocycles. The van der Waals surface area contributed by atoms with Crippen LogP contribution in [0.25, 0.3) is 0 Å². The van der Waals surface area contributed by atoms with Gasteiger partial charge in [0.2, 0.25) is 0 Å². The van der Waals surface area contributed by atoms with E-state index >= 15 is 0 Å². The van der Waals surface area contributed by atoms with E-state index in [1.54, 1.807) is 0 Å². The minimum atomic E-state index is -1.37. The monoisotopic (exact) mass is 283 g/mol. The standard InChI is InChI=1S/C13H11F2NO4/c1-13(2)19-11(17)7(12(18)20-13)6-16-10-8(14)4-3-5-9(10)15/h3-6,16H,1-2H3. The molecule has 0 spiro atoms. The summed E-state index contributed by atoms with van der Waals surface area (Å²) in [7, 11) is 0. The van der Waals surface area contributed by atoms with Crippen molar-refractivity contribution < 1.29 is 27.8 Å². The lowest BCUT2D eigenvalue weighted by Crippen LogP contribution is -2.42. The zero-order chi connectivity index (χ0) is 14.9. The number of anilines is 1. The number of esters is 2. The van der Waals surface area contributed by atoms with Gasteiger partial charge in [-0.1, -0.05) is 6.07 Å². The molecule has 1 fully saturated rings. The van der Waals surface area contributed by atoms with Crippen molar-refractivity contribution >= 4 is 17.6 Å². The number of para-hydroxylation sites is 1. The number of hydrogen-bond acceptors (Lipinski definition) is 5. The van der Waals surface area contributed by atoms with Crippen molar-refractivity contribution in [1.29, 1.82) is 0 Å². The molecule has 5 nitrogen and oxygen atoms in total. The largest absolute Gasteiger partial charge is 0.419 e. The average molecular weight is 283 g/mol. The number of carbonyl (C=O) groups excluding carboxylic acids is 2. The molecule has 1 aliphatic rings. The van der Waals surface area contributed by atoms with Gasteiger partial charge in [-0.2, -0.15) is 0 Å². The molecule has 0 bridgehead atoms. The van der Waals surface area contributed by atoms with Crippen LogP contribution in [0.1, 0.15) is 13.8 Å². The van der Waals surface area contributed by atoms with E-state index in [9.17, 15) is 18.4 Å². The number of carbonyl (C=O) groups is 2. The maximum atomic E-state index is 13.4. The predicted molar refractivity (Wildman–Crippen MR) is 64.3 cm³/mol. The van der Waals surface area contributed by atoms with Gasteiger partial charge in [0.15, 0.2) is 5.57 Å². The van der Waals surface area contributed by atoms with E-state index in [-0.39, 0.29) is 0 Å². The van der Waals surface area contributed by atoms with Crippen LogP contribution in [0.4, 0.5) is 14.5 Å². The lowest BCUT2D eigenvalue weighted by molar-refractivity contribution is -0.222. The van der Waals surface area contributed by atoms with E-state index in [2.05, 4.69) is 5.32 Å². The maximum absolute atomic E-state index is 13.4. The molecule has 20 heavy (non-hydrogen) atoms. The van der Waals surface area contributed by atoms with Crippen molar-refractivity contribution in [3.05, 3.63) is 41.6 Å². The van der Waals surface area contributed by atoms with Crippen LogP contribution < -0.4 is 5.32 Å². The Morgan fingerprint density at radius 1 is 1.10 bits per heavy atom. The average Bonchev–Trinajstić information content (AvgIpc) is 2.29. The summed E-state index contributed by atoms with van der Waals surface area (Å²) >= 11 is 0. The summed E-state index contributed by atoms with van der Waals surface area (Å²) in [5, 5.41) is 2.23. The summed E-state index contributed by atoms with van der Waals surface area (Å²) in [4.78, 5) is 23.2. The van der Waals surface area contributed by atoms with Crippen LogP contribution in [0.3, 0.4) is 0 Å². The van der Waals surface area contributed by atoms with Crippen LogP contribution in [0.5, 0.6) is 0 Å². The first kappa shape index (κ1) is 14.0. The van der Waals surface area contributed by atoms with Crippen molar-refractivity contribution in [1.82, 2.24) is 0 Å². The molecule has 0 atom stereocenters. The minimum absolute atomic E-state index is 0.480. The van der Waals surface area contributed by atoms with Gasteiger partial charge in [0.1, 0.15) is 17.3 Å². The van der Waals surface area contributed by atoms with Gasteiger partial charge >= 0.3 is 11.9 Å². The summed E-state index contributed by atoms with van der Waals surface area (Å²) in [6.07, 6.45) is 0.849. The Morgan fingerprint density at radius 2 is 1.60 bits per heavy atom. The molecule has 0 aromatic heterocycles. The normalized spacial score (nSPS) is 17.3. The van der Waals surface area contributed by atoms with Gasteiger partial charge in [-0.3, -0.25) is 0 Å². The molecule has 1 N–H and O–H groups in total. The number of hydrogen-bond donors (Lipinski definition) is 1. The van der Waals surface area contributed by atoms with Crippen LogP contribution in [0, 0.1) is 11.6 Å². The number of nitrogens with one attached hydrogen (secondary N) is 1. The van der Waals surface area contributed by atoms with Crippen molar-refractivity contribution in [2.24, 2.45) is 0 Å². The topological polar surface area (TPSA) is 64.6 Å². The molecule has 7 heteroatoms. The third-order valence-electron chi connectivity index (χ3n) is 2.44. The van der Waals surface area contributed by atoms with E-state index in [4.69, 9.17) is 9.47 Å². The van der Waals surface area contributed by atoms with E-state index in [1.165, 1.54) is 19.9 Å². The highest BCUT2D eigenvalue weighted by molar-refractivity contribution is 6.15. The second-order valence-corrected chi connectivity index (χ2v) is 4.48. The third kappa shape index (κ3) is 2.76. The Kier molecular flexibility index (Phi) is 3.44. The zero-order valence-electron chi connectivity index (χ0n) is 10.7. The SMILES string of the molecule is CC1(C)OC(=O)C(=CNc2c(F)cccc2F)C(=O)O1. The summed E-state index contributed by atoms with van der Waals surface area (Å²) in [6.45, 7) is 2.78. The fraction of sp³-hybridized carbons (Fsp3) is 0.231. The molecule has 0 unspecified atom stereocenters. The number of halogens is 2. The molecule has 0 saturated carbocycles. The highest BCUT2D eigenvalue weighted by atomic mass is 19.1. The summed E-state index contributed by atoms with van der Waals surface area (Å²) in [5.74, 6) is -4.96. The number of cyclic esters (lactones) is 2. The van der Waals surface area contributed by atoms with Crippen molar-refractivity contribution in [3.63, 3.8) is 0 Å². The molecule has 1 aromatic rings. The van der Waals surface area contributed by atoms with E-state index in [0.717, 1.165) is 18.3 Å². The van der Waals surface area contributed by atoms with Crippen LogP contribution >= 0.6 is 0 Å². The van der Waals surface area contributed by atoms with Crippen LogP contribution in [0.15, 0.2) is 30.0 Å². The fourth-order valence-corrected chi connectivity index (χ4v) is 1.56. The van der Waals surface area contributed by atoms with Crippen molar-refractivity contribution in [2.75, 3.05) is 5.32 Å². The van der Waals surface area contributed by atoms with Crippen molar-refractivity contribution in [3.8, 4) is 0 Å². The Balaban J connectivity index is 2.24. The summed E-state index contributed by atoms with van der Waals surface area (Å²) in [5.41, 5.74) is -0.961. The van der Waals surface area contributed by atoms with E-state index in [0.29, 0.717) is 0 Å². The molecule has 1 aliphatic heterocycles. The van der Waals surface area contributed by atoms with Crippen LogP contribution in [-0.2, 0) is 19.1 Å². The Labute approximate surface area is 113 Å². The Bertz CT molecular complexity index is 568. The molecule has 1 aromatic carbocycles. The first-order valence-electron chi connectivity index (χ1n) is 5.67. The predicted octanol–water partition coefficient (Wildman–Crippen LogP) is 2.10. The van der Waals surface area contributed by atoms with E-state index < -0.39 is 40.6 Å². The molecule has 1 saturated heterocycles. The van der Waals surface area contributed by atoms with Gasteiger partial charge in [0.25, 0.3) is 5.79 Å². The second kappa shape index (κ2) is 4.92. The quantitative estimate of drug-likeness (QED) is 0.511. The van der Waals surface area contributed by atoms with Gasteiger partial charge in [0.05, 0.1) is 0 Å². The van der Waals surface area contributed by atoms with E-state index in [1.807, 2.05) is 0 Å². The maximum Gasteiger partial charge on any atom is 0.350 e. The van der Waals surface area contributed by atoms with Gasteiger partial charge in [-0.15, -0.1) is 0 Å². The molecular weight excluding hydrogens is 272 g/mol. The van der Waals surface area contributed by atoms with Gasteiger partial charge in [0, 0.05) is 20.0 Å². The Hall–Kier alpha value is -2.44. The van der Waals surface area contributed by atoms with Gasteiger partial charge in [-0.25, -0.2) is 18.4 Å². The zero-order valence-corrected chi connectivity index (χ0v) is 10.7. The second-order valence-electron chi connectivity index (χ2n) is 4.48. The molecule has 2 rings (SSSR count). The third-order valence-corrected chi connectivity index (χ3v) is 2.44. The lowest BCUT2D eigenvalue weighted by atomic mass is 10.2. The smallest absolute Gasteiger partial charge is 0.350 e. The Morgan fingerprint density at radius 3 is 2.10 bits per heavy atom. The molecule has 0 radical (unpaired) electrons. The first-order chi connectivity index (χ1) is 9.30. The highest BCUT2D eigenvalue weighted by Gasteiger charge is 2.39. The molecule has 1 heterocycles. The molecule has 0 amide bonds. The molecule has 106 valence electrons. The fourth-order valence-electron chi connectivity index (χ4n) is 1.56. The summed E-state index contributed by atoms with van der Waals surface area (Å²) in [6, 6.07) is 3.25. The number of rotatable bonds is 2. The first-order valence-corrected chi connectivity index (χ1v) is 5.67. The molecular formula is C13H11F2NO4. The lowest BCUT2D eigenvalue weighted by Gasteiger charge is -2.29. The van der Waals surface area contributed by atoms with Crippen LogP contribution in [0.2, 0.25) is 0 Å². The van der Waals surface area contributed by atoms with Gasteiger partial charge < -0.3 is 14.8 Å². The van der Waals surface area contributed by atoms with Crippen molar-refractivity contribution in [2.45, 2.75) is 19.6 Å². The minimum Gasteiger partial charge on any atom is -0.419 e. The van der Waals surface area contributed by atoms with Gasteiger partial charge in [-0.05, 0) is 12.1 Å². The van der Waals surface area contributed by atoms with Crippen LogP contribution in [-0.4, -0.2) is 17.7 Å².